The van der Waals surface area contributed by atoms with Crippen molar-refractivity contribution in [3.05, 3.63) is 11.7 Å². The molecule has 1 aliphatic heterocycles. The quantitative estimate of drug-likeness (QED) is 0.772. The maximum atomic E-state index is 5.97. The van der Waals surface area contributed by atoms with Crippen molar-refractivity contribution in [2.24, 2.45) is 11.7 Å². The fourth-order valence-corrected chi connectivity index (χ4v) is 2.24. The summed E-state index contributed by atoms with van der Waals surface area (Å²) in [4.78, 5) is 6.48. The first-order chi connectivity index (χ1) is 7.13. The van der Waals surface area contributed by atoms with Gasteiger partial charge in [0.2, 0.25) is 5.89 Å². The molecular weight excluding hydrogens is 192 g/mol. The third-order valence-corrected chi connectivity index (χ3v) is 2.70. The molecule has 84 valence electrons. The Morgan fingerprint density at radius 2 is 2.33 bits per heavy atom. The number of piperidine rings is 1. The summed E-state index contributed by atoms with van der Waals surface area (Å²) < 4.78 is 5.09. The Labute approximate surface area is 89.6 Å². The Hall–Kier alpha value is -0.940. The highest BCUT2D eigenvalue weighted by Gasteiger charge is 2.23. The lowest BCUT2D eigenvalue weighted by atomic mass is 9.97. The number of hydrogen-bond acceptors (Lipinski definition) is 5. The van der Waals surface area contributed by atoms with Crippen LogP contribution in [-0.2, 0) is 6.54 Å². The number of aryl methyl sites for hydroxylation is 1. The van der Waals surface area contributed by atoms with Gasteiger partial charge in [-0.1, -0.05) is 12.1 Å². The minimum absolute atomic E-state index is 0.276. The van der Waals surface area contributed by atoms with Gasteiger partial charge >= 0.3 is 0 Å². The summed E-state index contributed by atoms with van der Waals surface area (Å²) in [5, 5.41) is 3.78. The van der Waals surface area contributed by atoms with Crippen LogP contribution in [0.3, 0.4) is 0 Å². The molecule has 1 aromatic heterocycles. The molecule has 1 saturated heterocycles. The van der Waals surface area contributed by atoms with E-state index < -0.39 is 0 Å². The second-order valence-corrected chi connectivity index (χ2v) is 4.53. The lowest BCUT2D eigenvalue weighted by molar-refractivity contribution is 0.142. The molecule has 2 unspecified atom stereocenters. The zero-order chi connectivity index (χ0) is 10.8. The van der Waals surface area contributed by atoms with E-state index in [4.69, 9.17) is 10.3 Å². The zero-order valence-corrected chi connectivity index (χ0v) is 9.31. The molecule has 2 atom stereocenters. The molecular formula is C10H18N4O. The summed E-state index contributed by atoms with van der Waals surface area (Å²) in [6.45, 7) is 6.77. The van der Waals surface area contributed by atoms with Crippen LogP contribution in [0.25, 0.3) is 0 Å². The van der Waals surface area contributed by atoms with Gasteiger partial charge in [0.15, 0.2) is 5.82 Å². The van der Waals surface area contributed by atoms with Crippen LogP contribution in [-0.4, -0.2) is 34.2 Å². The maximum absolute atomic E-state index is 5.97. The van der Waals surface area contributed by atoms with E-state index in [1.807, 2.05) is 6.92 Å². The molecule has 2 rings (SSSR count). The van der Waals surface area contributed by atoms with E-state index >= 15 is 0 Å². The fraction of sp³-hybridized carbons (Fsp3) is 0.800. The highest BCUT2D eigenvalue weighted by molar-refractivity contribution is 4.86. The molecule has 0 aliphatic carbocycles. The van der Waals surface area contributed by atoms with Crippen molar-refractivity contribution in [1.82, 2.24) is 15.0 Å². The van der Waals surface area contributed by atoms with E-state index in [9.17, 15) is 0 Å². The molecule has 15 heavy (non-hydrogen) atoms. The van der Waals surface area contributed by atoms with Gasteiger partial charge in [-0.3, -0.25) is 4.90 Å². The summed E-state index contributed by atoms with van der Waals surface area (Å²) in [6.07, 6.45) is 1.11. The summed E-state index contributed by atoms with van der Waals surface area (Å²) in [5.74, 6) is 2.03. The monoisotopic (exact) mass is 210 g/mol. The average molecular weight is 210 g/mol. The number of hydrogen-bond donors (Lipinski definition) is 1. The van der Waals surface area contributed by atoms with Gasteiger partial charge in [-0.05, 0) is 19.3 Å². The molecule has 0 spiro atoms. The third-order valence-electron chi connectivity index (χ3n) is 2.70. The molecule has 2 N–H and O–H groups in total. The number of nitrogens with two attached hydrogens (primary N) is 1. The smallest absolute Gasteiger partial charge is 0.240 e. The molecule has 1 fully saturated rings. The summed E-state index contributed by atoms with van der Waals surface area (Å²) >= 11 is 0. The highest BCUT2D eigenvalue weighted by atomic mass is 16.5. The van der Waals surface area contributed by atoms with Gasteiger partial charge in [-0.25, -0.2) is 0 Å². The van der Waals surface area contributed by atoms with Gasteiger partial charge < -0.3 is 10.3 Å². The van der Waals surface area contributed by atoms with E-state index in [2.05, 4.69) is 22.0 Å². The predicted octanol–water partition coefficient (Wildman–Crippen LogP) is 0.547. The second kappa shape index (κ2) is 4.28. The van der Waals surface area contributed by atoms with Crippen LogP contribution in [0, 0.1) is 12.8 Å². The summed E-state index contributed by atoms with van der Waals surface area (Å²) in [7, 11) is 0. The number of likely N-dealkylation sites (tertiary alicyclic amines) is 1. The van der Waals surface area contributed by atoms with Gasteiger partial charge in [0.25, 0.3) is 0 Å². The van der Waals surface area contributed by atoms with Crippen LogP contribution in [0.1, 0.15) is 25.1 Å². The average Bonchev–Trinajstić information content (AvgIpc) is 2.49. The number of nitrogens with zero attached hydrogens (tertiary/aromatic N) is 3. The SMILES string of the molecule is Cc1noc(CN2CC(C)CC(N)C2)n1. The molecule has 0 aromatic carbocycles. The van der Waals surface area contributed by atoms with Gasteiger partial charge in [0.1, 0.15) is 0 Å². The minimum atomic E-state index is 0.276. The normalized spacial score (nSPS) is 28.2. The number of rotatable bonds is 2. The molecule has 0 saturated carbocycles. The van der Waals surface area contributed by atoms with Crippen molar-refractivity contribution in [2.45, 2.75) is 32.9 Å². The first-order valence-corrected chi connectivity index (χ1v) is 5.40. The summed E-state index contributed by atoms with van der Waals surface area (Å²) in [5.41, 5.74) is 5.97. The molecule has 0 bridgehead atoms. The van der Waals surface area contributed by atoms with Crippen molar-refractivity contribution in [2.75, 3.05) is 13.1 Å². The van der Waals surface area contributed by atoms with Crippen LogP contribution in [0.15, 0.2) is 4.52 Å². The van der Waals surface area contributed by atoms with Crippen molar-refractivity contribution in [1.29, 1.82) is 0 Å². The van der Waals surface area contributed by atoms with E-state index in [0.29, 0.717) is 17.6 Å². The van der Waals surface area contributed by atoms with E-state index in [0.717, 1.165) is 26.1 Å². The first-order valence-electron chi connectivity index (χ1n) is 5.40. The Bertz CT molecular complexity index is 315. The fourth-order valence-electron chi connectivity index (χ4n) is 2.24. The second-order valence-electron chi connectivity index (χ2n) is 4.53. The van der Waals surface area contributed by atoms with Crippen LogP contribution >= 0.6 is 0 Å². The molecule has 5 nitrogen and oxygen atoms in total. The van der Waals surface area contributed by atoms with Crippen molar-refractivity contribution < 1.29 is 4.52 Å². The number of aromatic nitrogens is 2. The standard InChI is InChI=1S/C10H18N4O/c1-7-3-9(11)5-14(4-7)6-10-12-8(2)13-15-10/h7,9H,3-6,11H2,1-2H3. The van der Waals surface area contributed by atoms with Crippen LogP contribution in [0.2, 0.25) is 0 Å². The predicted molar refractivity (Wildman–Crippen MR) is 56.1 cm³/mol. The molecule has 1 aliphatic rings. The van der Waals surface area contributed by atoms with E-state index in [1.165, 1.54) is 0 Å². The lowest BCUT2D eigenvalue weighted by Gasteiger charge is -2.33. The van der Waals surface area contributed by atoms with E-state index in [-0.39, 0.29) is 6.04 Å². The van der Waals surface area contributed by atoms with Crippen LogP contribution < -0.4 is 5.73 Å². The van der Waals surface area contributed by atoms with Crippen LogP contribution in [0.4, 0.5) is 0 Å². The van der Waals surface area contributed by atoms with Crippen molar-refractivity contribution in [3.63, 3.8) is 0 Å². The molecule has 1 aromatic rings. The summed E-state index contributed by atoms with van der Waals surface area (Å²) in [6, 6.07) is 0.276. The minimum Gasteiger partial charge on any atom is -0.338 e. The van der Waals surface area contributed by atoms with Gasteiger partial charge in [-0.2, -0.15) is 4.98 Å². The Kier molecular flexibility index (Phi) is 3.02. The van der Waals surface area contributed by atoms with E-state index in [1.54, 1.807) is 0 Å². The first kappa shape index (κ1) is 10.6. The lowest BCUT2D eigenvalue weighted by Crippen LogP contribution is -2.45. The Morgan fingerprint density at radius 1 is 1.53 bits per heavy atom. The van der Waals surface area contributed by atoms with Gasteiger partial charge in [-0.15, -0.1) is 0 Å². The van der Waals surface area contributed by atoms with Crippen molar-refractivity contribution >= 4 is 0 Å². The Morgan fingerprint density at radius 3 is 2.93 bits per heavy atom. The van der Waals surface area contributed by atoms with Gasteiger partial charge in [0, 0.05) is 19.1 Å². The maximum Gasteiger partial charge on any atom is 0.240 e. The largest absolute Gasteiger partial charge is 0.338 e. The Balaban J connectivity index is 1.94. The topological polar surface area (TPSA) is 68.2 Å². The molecule has 0 amide bonds. The zero-order valence-electron chi connectivity index (χ0n) is 9.31. The molecule has 2 heterocycles. The molecule has 0 radical (unpaired) electrons. The van der Waals surface area contributed by atoms with Crippen LogP contribution in [0.5, 0.6) is 0 Å². The van der Waals surface area contributed by atoms with Gasteiger partial charge in [0.05, 0.1) is 6.54 Å². The highest BCUT2D eigenvalue weighted by Crippen LogP contribution is 2.16. The van der Waals surface area contributed by atoms with Crippen molar-refractivity contribution in [3.8, 4) is 0 Å². The molecule has 5 heteroatoms. The third kappa shape index (κ3) is 2.76.